The van der Waals surface area contributed by atoms with Crippen molar-refractivity contribution in [3.8, 4) is 0 Å². The number of benzene rings is 3. The van der Waals surface area contributed by atoms with Crippen LogP contribution in [-0.2, 0) is 16.2 Å². The first-order valence-electron chi connectivity index (χ1n) is 12.1. The molecule has 0 heterocycles. The van der Waals surface area contributed by atoms with E-state index in [2.05, 4.69) is 20.3 Å². The summed E-state index contributed by atoms with van der Waals surface area (Å²) in [5, 5.41) is 5.48. The van der Waals surface area contributed by atoms with Crippen molar-refractivity contribution in [2.75, 3.05) is 36.2 Å². The maximum absolute atomic E-state index is 13.0. The molecular weight excluding hydrogens is 569 g/mol. The molecule has 216 valence electrons. The first-order chi connectivity index (χ1) is 18.4. The maximum Gasteiger partial charge on any atom is 0.416 e. The highest BCUT2D eigenvalue weighted by Crippen LogP contribution is 2.31. The topological polar surface area (TPSA) is 108 Å². The van der Waals surface area contributed by atoms with Crippen molar-refractivity contribution >= 4 is 45.6 Å². The molecule has 8 nitrogen and oxygen atoms in total. The molecule has 0 aliphatic rings. The molecule has 0 fully saturated rings. The van der Waals surface area contributed by atoms with Crippen LogP contribution in [0.1, 0.15) is 40.1 Å². The summed E-state index contributed by atoms with van der Waals surface area (Å²) < 4.78 is 66.6. The number of halogens is 4. The standard InChI is InChI=1S/C27H29F3N4O4S.ClH/c1-3-34(4-2)16-15-31-25(35)19-11-13-22(14-12-19)32-26(36)20-7-5-10-24(17-20)39(37,38)33-23-9-6-8-21(18-23)27(28,29)30;/h5-14,17-18,33H,3-4,15-16H2,1-2H3,(H,31,35)(H,32,36);1H. The third kappa shape index (κ3) is 8.97. The fraction of sp³-hybridized carbons (Fsp3) is 0.259. The molecule has 0 atom stereocenters. The van der Waals surface area contributed by atoms with Crippen LogP contribution in [0.2, 0.25) is 0 Å². The molecule has 0 unspecified atom stereocenters. The molecule has 40 heavy (non-hydrogen) atoms. The lowest BCUT2D eigenvalue weighted by Crippen LogP contribution is -2.34. The zero-order valence-corrected chi connectivity index (χ0v) is 23.4. The molecule has 0 aromatic heterocycles. The molecule has 0 saturated carbocycles. The van der Waals surface area contributed by atoms with Gasteiger partial charge in [0.05, 0.1) is 10.5 Å². The Morgan fingerprint density at radius 3 is 2.10 bits per heavy atom. The Morgan fingerprint density at radius 1 is 0.825 bits per heavy atom. The van der Waals surface area contributed by atoms with E-state index in [1.807, 2.05) is 13.8 Å². The molecule has 0 spiro atoms. The van der Waals surface area contributed by atoms with Crippen LogP contribution in [0.3, 0.4) is 0 Å². The number of anilines is 2. The fourth-order valence-electron chi connectivity index (χ4n) is 3.66. The Balaban J connectivity index is 0.00000560. The normalized spacial score (nSPS) is 11.4. The van der Waals surface area contributed by atoms with Gasteiger partial charge in [0.2, 0.25) is 0 Å². The van der Waals surface area contributed by atoms with Crippen LogP contribution in [0.4, 0.5) is 24.5 Å². The van der Waals surface area contributed by atoms with Crippen molar-refractivity contribution in [2.24, 2.45) is 0 Å². The number of carbonyl (C=O) groups excluding carboxylic acids is 2. The van der Waals surface area contributed by atoms with E-state index in [1.165, 1.54) is 24.3 Å². The van der Waals surface area contributed by atoms with E-state index in [-0.39, 0.29) is 34.5 Å². The van der Waals surface area contributed by atoms with Gasteiger partial charge < -0.3 is 15.5 Å². The van der Waals surface area contributed by atoms with Gasteiger partial charge in [-0.2, -0.15) is 13.2 Å². The lowest BCUT2D eigenvalue weighted by atomic mass is 10.1. The Labute approximate surface area is 237 Å². The van der Waals surface area contributed by atoms with Gasteiger partial charge in [0.1, 0.15) is 0 Å². The van der Waals surface area contributed by atoms with Crippen LogP contribution in [-0.4, -0.2) is 51.3 Å². The summed E-state index contributed by atoms with van der Waals surface area (Å²) in [5.41, 5.74) is -0.452. The second-order valence-corrected chi connectivity index (χ2v) is 10.2. The summed E-state index contributed by atoms with van der Waals surface area (Å²) in [5.74, 6) is -0.853. The van der Waals surface area contributed by atoms with E-state index in [0.29, 0.717) is 23.9 Å². The van der Waals surface area contributed by atoms with Gasteiger partial charge in [0.25, 0.3) is 21.8 Å². The van der Waals surface area contributed by atoms with E-state index >= 15 is 0 Å². The van der Waals surface area contributed by atoms with Crippen molar-refractivity contribution in [1.82, 2.24) is 10.2 Å². The highest BCUT2D eigenvalue weighted by molar-refractivity contribution is 7.92. The van der Waals surface area contributed by atoms with Gasteiger partial charge in [-0.1, -0.05) is 26.0 Å². The molecule has 0 saturated heterocycles. The largest absolute Gasteiger partial charge is 0.416 e. The van der Waals surface area contributed by atoms with Gasteiger partial charge in [-0.15, -0.1) is 12.4 Å². The number of nitrogens with one attached hydrogen (secondary N) is 3. The molecule has 3 N–H and O–H groups in total. The minimum atomic E-state index is -4.63. The van der Waals surface area contributed by atoms with Crippen molar-refractivity contribution < 1.29 is 31.2 Å². The Hall–Kier alpha value is -3.61. The number of amides is 2. The second-order valence-electron chi connectivity index (χ2n) is 8.53. The summed E-state index contributed by atoms with van der Waals surface area (Å²) in [6.07, 6.45) is -4.63. The number of hydrogen-bond donors (Lipinski definition) is 3. The van der Waals surface area contributed by atoms with Crippen LogP contribution in [0.15, 0.2) is 77.7 Å². The quantitative estimate of drug-likeness (QED) is 0.279. The van der Waals surface area contributed by atoms with Gasteiger partial charge in [-0.25, -0.2) is 8.42 Å². The molecule has 3 rings (SSSR count). The Morgan fingerprint density at radius 2 is 1.48 bits per heavy atom. The molecule has 0 aliphatic carbocycles. The first kappa shape index (κ1) is 32.6. The van der Waals surface area contributed by atoms with E-state index in [0.717, 1.165) is 37.8 Å². The summed E-state index contributed by atoms with van der Waals surface area (Å²) >= 11 is 0. The predicted molar refractivity (Wildman–Crippen MR) is 150 cm³/mol. The first-order valence-corrected chi connectivity index (χ1v) is 13.6. The highest BCUT2D eigenvalue weighted by atomic mass is 35.5. The smallest absolute Gasteiger partial charge is 0.351 e. The average Bonchev–Trinajstić information content (AvgIpc) is 2.91. The molecule has 0 bridgehead atoms. The number of sulfonamides is 1. The van der Waals surface area contributed by atoms with Gasteiger partial charge in [0.15, 0.2) is 0 Å². The summed E-state index contributed by atoms with van der Waals surface area (Å²) in [6.45, 7) is 7.11. The summed E-state index contributed by atoms with van der Waals surface area (Å²) in [4.78, 5) is 27.0. The zero-order valence-electron chi connectivity index (χ0n) is 21.8. The fourth-order valence-corrected chi connectivity index (χ4v) is 4.75. The molecular formula is C27H30ClF3N4O4S. The predicted octanol–water partition coefficient (Wildman–Crippen LogP) is 5.25. The van der Waals surface area contributed by atoms with E-state index in [9.17, 15) is 31.2 Å². The van der Waals surface area contributed by atoms with Crippen LogP contribution >= 0.6 is 12.4 Å². The van der Waals surface area contributed by atoms with Crippen LogP contribution in [0.25, 0.3) is 0 Å². The number of likely N-dealkylation sites (N-methyl/N-ethyl adjacent to an activating group) is 1. The molecule has 13 heteroatoms. The Kier molecular flexibility index (Phi) is 11.5. The number of alkyl halides is 3. The van der Waals surface area contributed by atoms with Gasteiger partial charge in [-0.05, 0) is 73.8 Å². The maximum atomic E-state index is 13.0. The summed E-state index contributed by atoms with van der Waals surface area (Å²) in [6, 6.07) is 15.1. The lowest BCUT2D eigenvalue weighted by molar-refractivity contribution is -0.137. The van der Waals surface area contributed by atoms with Crippen molar-refractivity contribution in [3.63, 3.8) is 0 Å². The van der Waals surface area contributed by atoms with E-state index in [4.69, 9.17) is 0 Å². The van der Waals surface area contributed by atoms with Gasteiger partial charge in [-0.3, -0.25) is 14.3 Å². The molecule has 2 amide bonds. The van der Waals surface area contributed by atoms with Gasteiger partial charge >= 0.3 is 6.18 Å². The van der Waals surface area contributed by atoms with E-state index in [1.54, 1.807) is 24.3 Å². The SMILES string of the molecule is CCN(CC)CCNC(=O)c1ccc(NC(=O)c2cccc(S(=O)(=O)Nc3cccc(C(F)(F)F)c3)c2)cc1.Cl. The van der Waals surface area contributed by atoms with Crippen LogP contribution in [0.5, 0.6) is 0 Å². The third-order valence-electron chi connectivity index (χ3n) is 5.86. The Bertz CT molecular complexity index is 1410. The van der Waals surface area contributed by atoms with Crippen LogP contribution < -0.4 is 15.4 Å². The van der Waals surface area contributed by atoms with E-state index < -0.39 is 27.7 Å². The minimum Gasteiger partial charge on any atom is -0.351 e. The highest BCUT2D eigenvalue weighted by Gasteiger charge is 2.30. The number of hydrogen-bond acceptors (Lipinski definition) is 5. The monoisotopic (exact) mass is 598 g/mol. The summed E-state index contributed by atoms with van der Waals surface area (Å²) in [7, 11) is -4.28. The third-order valence-corrected chi connectivity index (χ3v) is 7.24. The number of rotatable bonds is 11. The molecule has 0 radical (unpaired) electrons. The minimum absolute atomic E-state index is 0. The average molecular weight is 599 g/mol. The van der Waals surface area contributed by atoms with Crippen molar-refractivity contribution in [3.05, 3.63) is 89.5 Å². The molecule has 0 aliphatic heterocycles. The van der Waals surface area contributed by atoms with Crippen molar-refractivity contribution in [2.45, 2.75) is 24.9 Å². The number of nitrogens with zero attached hydrogens (tertiary/aromatic N) is 1. The molecule has 3 aromatic carbocycles. The lowest BCUT2D eigenvalue weighted by Gasteiger charge is -2.18. The van der Waals surface area contributed by atoms with Crippen LogP contribution in [0, 0.1) is 0 Å². The zero-order chi connectivity index (χ0) is 28.6. The number of carbonyl (C=O) groups is 2. The second kappa shape index (κ2) is 14.1. The van der Waals surface area contributed by atoms with Crippen molar-refractivity contribution in [1.29, 1.82) is 0 Å². The molecule has 3 aromatic rings. The van der Waals surface area contributed by atoms with Gasteiger partial charge in [0, 0.05) is 35.6 Å².